The van der Waals surface area contributed by atoms with Gasteiger partial charge in [0.1, 0.15) is 11.5 Å². The van der Waals surface area contributed by atoms with E-state index >= 15 is 0 Å². The van der Waals surface area contributed by atoms with Gasteiger partial charge in [-0.2, -0.15) is 0 Å². The number of amides is 2. The first-order valence-electron chi connectivity index (χ1n) is 11.4. The molecule has 7 nitrogen and oxygen atoms in total. The minimum absolute atomic E-state index is 0.160. The number of rotatable bonds is 7. The fraction of sp³-hybridized carbons (Fsp3) is 0.0357. The number of pyridine rings is 1. The maximum absolute atomic E-state index is 13.4. The number of benzene rings is 2. The van der Waals surface area contributed by atoms with Crippen molar-refractivity contribution in [1.29, 1.82) is 0 Å². The molecular weight excluding hydrogens is 476 g/mol. The van der Waals surface area contributed by atoms with Gasteiger partial charge in [-0.1, -0.05) is 30.4 Å². The molecule has 3 heterocycles. The summed E-state index contributed by atoms with van der Waals surface area (Å²) < 4.78 is 26.5. The van der Waals surface area contributed by atoms with Crippen molar-refractivity contribution in [1.82, 2.24) is 15.3 Å². The predicted molar refractivity (Wildman–Crippen MR) is 139 cm³/mol. The van der Waals surface area contributed by atoms with Crippen molar-refractivity contribution in [2.24, 2.45) is 0 Å². The number of carbonyl (C=O) groups is 2. The summed E-state index contributed by atoms with van der Waals surface area (Å²) in [6.45, 7) is 0.253. The Bertz CT molecular complexity index is 1540. The molecule has 0 fully saturated rings. The van der Waals surface area contributed by atoms with Crippen LogP contribution in [-0.4, -0.2) is 28.3 Å². The summed E-state index contributed by atoms with van der Waals surface area (Å²) in [5.74, 6) is -2.16. The summed E-state index contributed by atoms with van der Waals surface area (Å²) in [4.78, 5) is 32.2. The smallest absolute Gasteiger partial charge is 0.270 e. The molecule has 0 spiro atoms. The van der Waals surface area contributed by atoms with E-state index in [1.807, 2.05) is 42.5 Å². The third-order valence-corrected chi connectivity index (χ3v) is 5.61. The molecule has 4 aromatic rings. The summed E-state index contributed by atoms with van der Waals surface area (Å²) in [5.41, 5.74) is 4.33. The van der Waals surface area contributed by atoms with Gasteiger partial charge in [0.15, 0.2) is 11.6 Å². The molecule has 4 N–H and O–H groups in total. The maximum atomic E-state index is 13.4. The molecule has 5 rings (SSSR count). The highest BCUT2D eigenvalue weighted by Crippen LogP contribution is 2.33. The highest BCUT2D eigenvalue weighted by molar-refractivity contribution is 6.34. The number of hydrogen-bond donors (Lipinski definition) is 4. The lowest BCUT2D eigenvalue weighted by Crippen LogP contribution is -2.24. The van der Waals surface area contributed by atoms with Crippen molar-refractivity contribution in [2.75, 3.05) is 17.2 Å². The second-order valence-electron chi connectivity index (χ2n) is 8.22. The van der Waals surface area contributed by atoms with Crippen molar-refractivity contribution in [3.8, 4) is 0 Å². The van der Waals surface area contributed by atoms with Crippen LogP contribution in [0.5, 0.6) is 0 Å². The topological polar surface area (TPSA) is 98.9 Å². The van der Waals surface area contributed by atoms with Crippen LogP contribution >= 0.6 is 0 Å². The third kappa shape index (κ3) is 5.46. The fourth-order valence-corrected chi connectivity index (χ4v) is 3.84. The van der Waals surface area contributed by atoms with Gasteiger partial charge >= 0.3 is 0 Å². The van der Waals surface area contributed by atoms with Gasteiger partial charge in [-0.25, -0.2) is 13.8 Å². The van der Waals surface area contributed by atoms with E-state index in [0.29, 0.717) is 17.1 Å². The Hall–Kier alpha value is -5.05. The van der Waals surface area contributed by atoms with Crippen LogP contribution in [0.3, 0.4) is 0 Å². The Labute approximate surface area is 211 Å². The zero-order valence-electron chi connectivity index (χ0n) is 19.4. The summed E-state index contributed by atoms with van der Waals surface area (Å²) >= 11 is 0. The summed E-state index contributed by atoms with van der Waals surface area (Å²) in [6.07, 6.45) is 7.23. The standard InChI is InChI=1S/C28H21F2N5O2/c29-22-11-9-19(16-23(22)30)33-26-7-1-6-24(34-26)28(37)32-13-2-4-17-8-10-20-21(15-18-5-3-12-31-18)27(36)35-25(20)14-17/h1-12,14-16,31H,13H2,(H,32,37)(H,33,34)(H,35,36)/b4-2+,21-15-. The molecule has 1 aliphatic heterocycles. The highest BCUT2D eigenvalue weighted by atomic mass is 19.2. The molecule has 0 saturated heterocycles. The molecule has 0 radical (unpaired) electrons. The Kier molecular flexibility index (Phi) is 6.58. The molecule has 2 amide bonds. The molecule has 0 unspecified atom stereocenters. The van der Waals surface area contributed by atoms with Crippen LogP contribution in [0, 0.1) is 11.6 Å². The Morgan fingerprint density at radius 1 is 1.00 bits per heavy atom. The molecule has 2 aromatic heterocycles. The molecule has 0 bridgehead atoms. The van der Waals surface area contributed by atoms with E-state index in [-0.39, 0.29) is 24.1 Å². The number of aromatic nitrogens is 2. The van der Waals surface area contributed by atoms with E-state index in [2.05, 4.69) is 25.9 Å². The van der Waals surface area contributed by atoms with Crippen LogP contribution in [0.1, 0.15) is 27.3 Å². The Morgan fingerprint density at radius 2 is 1.89 bits per heavy atom. The van der Waals surface area contributed by atoms with E-state index in [1.165, 1.54) is 6.07 Å². The zero-order chi connectivity index (χ0) is 25.8. The largest absolute Gasteiger partial charge is 0.362 e. The van der Waals surface area contributed by atoms with E-state index in [9.17, 15) is 18.4 Å². The van der Waals surface area contributed by atoms with Crippen LogP contribution in [0.25, 0.3) is 17.7 Å². The van der Waals surface area contributed by atoms with Crippen LogP contribution in [0.2, 0.25) is 0 Å². The van der Waals surface area contributed by atoms with Gasteiger partial charge in [0.2, 0.25) is 0 Å². The summed E-state index contributed by atoms with van der Waals surface area (Å²) in [6, 6.07) is 17.6. The van der Waals surface area contributed by atoms with Gasteiger partial charge in [-0.3, -0.25) is 9.59 Å². The van der Waals surface area contributed by atoms with Crippen LogP contribution < -0.4 is 16.0 Å². The molecular formula is C28H21F2N5O2. The molecule has 2 aromatic carbocycles. The predicted octanol–water partition coefficient (Wildman–Crippen LogP) is 5.37. The number of aromatic amines is 1. The number of nitrogens with one attached hydrogen (secondary N) is 4. The lowest BCUT2D eigenvalue weighted by Gasteiger charge is -2.08. The van der Waals surface area contributed by atoms with Gasteiger partial charge in [0, 0.05) is 41.4 Å². The molecule has 0 aliphatic carbocycles. The average molecular weight is 498 g/mol. The zero-order valence-corrected chi connectivity index (χ0v) is 19.4. The lowest BCUT2D eigenvalue weighted by molar-refractivity contribution is -0.110. The number of anilines is 3. The molecule has 1 aliphatic rings. The van der Waals surface area contributed by atoms with E-state index < -0.39 is 11.6 Å². The van der Waals surface area contributed by atoms with Crippen molar-refractivity contribution >= 4 is 46.7 Å². The number of H-pyrrole nitrogens is 1. The van der Waals surface area contributed by atoms with Gasteiger partial charge in [-0.15, -0.1) is 0 Å². The Morgan fingerprint density at radius 3 is 2.70 bits per heavy atom. The SMILES string of the molecule is O=C1Nc2cc(/C=C/CNC(=O)c3cccc(Nc4ccc(F)c(F)c4)n3)ccc2/C1=C/c1ccc[nH]1. The van der Waals surface area contributed by atoms with Gasteiger partial charge in [-0.05, 0) is 54.1 Å². The number of carbonyl (C=O) groups excluding carboxylic acids is 2. The van der Waals surface area contributed by atoms with Crippen molar-refractivity contribution in [3.05, 3.63) is 113 Å². The second kappa shape index (κ2) is 10.3. The van der Waals surface area contributed by atoms with Crippen molar-refractivity contribution < 1.29 is 18.4 Å². The third-order valence-electron chi connectivity index (χ3n) is 5.61. The first kappa shape index (κ1) is 23.7. The van der Waals surface area contributed by atoms with Gasteiger partial charge < -0.3 is 20.9 Å². The molecule has 37 heavy (non-hydrogen) atoms. The number of halogens is 2. The van der Waals surface area contributed by atoms with Crippen LogP contribution in [0.4, 0.5) is 26.0 Å². The number of nitrogens with zero attached hydrogens (tertiary/aromatic N) is 1. The van der Waals surface area contributed by atoms with E-state index in [4.69, 9.17) is 0 Å². The number of hydrogen-bond acceptors (Lipinski definition) is 4. The quantitative estimate of drug-likeness (QED) is 0.258. The number of fused-ring (bicyclic) bond motifs is 1. The Balaban J connectivity index is 1.19. The average Bonchev–Trinajstić information content (AvgIpc) is 3.52. The van der Waals surface area contributed by atoms with Crippen LogP contribution in [0.15, 0.2) is 79.0 Å². The molecule has 0 atom stereocenters. The second-order valence-corrected chi connectivity index (χ2v) is 8.22. The lowest BCUT2D eigenvalue weighted by atomic mass is 10.0. The van der Waals surface area contributed by atoms with Crippen molar-refractivity contribution in [3.63, 3.8) is 0 Å². The van der Waals surface area contributed by atoms with Gasteiger partial charge in [0.05, 0.1) is 5.57 Å². The van der Waals surface area contributed by atoms with Gasteiger partial charge in [0.25, 0.3) is 11.8 Å². The van der Waals surface area contributed by atoms with E-state index in [1.54, 1.807) is 30.5 Å². The molecule has 9 heteroatoms. The molecule has 184 valence electrons. The summed E-state index contributed by atoms with van der Waals surface area (Å²) in [7, 11) is 0. The van der Waals surface area contributed by atoms with Crippen molar-refractivity contribution in [2.45, 2.75) is 0 Å². The monoisotopic (exact) mass is 497 g/mol. The first-order valence-corrected chi connectivity index (χ1v) is 11.4. The highest BCUT2D eigenvalue weighted by Gasteiger charge is 2.24. The summed E-state index contributed by atoms with van der Waals surface area (Å²) in [5, 5.41) is 8.49. The fourth-order valence-electron chi connectivity index (χ4n) is 3.84. The minimum atomic E-state index is -0.982. The first-order chi connectivity index (χ1) is 18.0. The minimum Gasteiger partial charge on any atom is -0.362 e. The van der Waals surface area contributed by atoms with Crippen LogP contribution in [-0.2, 0) is 4.79 Å². The molecule has 0 saturated carbocycles. The van der Waals surface area contributed by atoms with E-state index in [0.717, 1.165) is 34.6 Å². The maximum Gasteiger partial charge on any atom is 0.270 e. The normalized spacial score (nSPS) is 13.6.